The molecule has 0 aromatic heterocycles. The van der Waals surface area contributed by atoms with Crippen molar-refractivity contribution in [2.24, 2.45) is 0 Å². The largest absolute Gasteiger partial charge is 0.322 e. The van der Waals surface area contributed by atoms with E-state index in [1.54, 1.807) is 17.8 Å². The van der Waals surface area contributed by atoms with Crippen LogP contribution in [0.3, 0.4) is 0 Å². The molecule has 2 aromatic carbocycles. The number of halogens is 2. The van der Waals surface area contributed by atoms with Crippen LogP contribution in [-0.2, 0) is 5.41 Å². The van der Waals surface area contributed by atoms with Crippen LogP contribution in [0.5, 0.6) is 0 Å². The summed E-state index contributed by atoms with van der Waals surface area (Å²) < 4.78 is 0. The molecule has 1 fully saturated rings. The number of carbonyl (C=O) groups excluding carboxylic acids is 1. The van der Waals surface area contributed by atoms with Gasteiger partial charge in [-0.3, -0.25) is 4.79 Å². The molecule has 1 aliphatic heterocycles. The smallest absolute Gasteiger partial charge is 0.255 e. The van der Waals surface area contributed by atoms with E-state index < -0.39 is 0 Å². The fraction of sp³-hybridized carbons (Fsp3) is 0.350. The molecule has 0 N–H and O–H groups in total. The first-order valence-corrected chi connectivity index (χ1v) is 10.1. The van der Waals surface area contributed by atoms with Gasteiger partial charge in [-0.25, -0.2) is 0 Å². The molecule has 1 amide bonds. The fourth-order valence-electron chi connectivity index (χ4n) is 2.93. The van der Waals surface area contributed by atoms with Crippen LogP contribution < -0.4 is 0 Å². The van der Waals surface area contributed by atoms with Crippen molar-refractivity contribution in [3.8, 4) is 0 Å². The zero-order chi connectivity index (χ0) is 18.2. The van der Waals surface area contributed by atoms with Gasteiger partial charge in [0.25, 0.3) is 5.91 Å². The van der Waals surface area contributed by atoms with Gasteiger partial charge in [-0.1, -0.05) is 68.2 Å². The highest BCUT2D eigenvalue weighted by Crippen LogP contribution is 2.43. The number of nitrogens with zero attached hydrogens (tertiary/aromatic N) is 1. The molecule has 0 saturated carbocycles. The van der Waals surface area contributed by atoms with Crippen molar-refractivity contribution in [1.29, 1.82) is 0 Å². The maximum Gasteiger partial charge on any atom is 0.255 e. The van der Waals surface area contributed by atoms with E-state index in [2.05, 4.69) is 20.8 Å². The summed E-state index contributed by atoms with van der Waals surface area (Å²) in [7, 11) is 0. The SMILES string of the molecule is CC(C)(C)c1ccc(C(=O)N2CCS[C@@H]2c2cccc(Cl)c2Cl)cc1. The number of benzene rings is 2. The summed E-state index contributed by atoms with van der Waals surface area (Å²) in [6, 6.07) is 13.5. The highest BCUT2D eigenvalue weighted by molar-refractivity contribution is 7.99. The molecule has 2 aromatic rings. The molecule has 132 valence electrons. The minimum Gasteiger partial charge on any atom is -0.322 e. The van der Waals surface area contributed by atoms with Crippen molar-refractivity contribution in [2.75, 3.05) is 12.3 Å². The van der Waals surface area contributed by atoms with Gasteiger partial charge in [0.05, 0.1) is 10.0 Å². The molecule has 1 aliphatic rings. The van der Waals surface area contributed by atoms with Gasteiger partial charge in [0.2, 0.25) is 0 Å². The van der Waals surface area contributed by atoms with Gasteiger partial charge in [0.1, 0.15) is 5.37 Å². The second-order valence-corrected chi connectivity index (χ2v) is 9.17. The van der Waals surface area contributed by atoms with E-state index in [9.17, 15) is 4.79 Å². The zero-order valence-corrected chi connectivity index (χ0v) is 16.9. The van der Waals surface area contributed by atoms with Crippen molar-refractivity contribution in [3.05, 3.63) is 69.2 Å². The van der Waals surface area contributed by atoms with Crippen molar-refractivity contribution >= 4 is 40.9 Å². The second kappa shape index (κ2) is 7.22. The molecule has 0 radical (unpaired) electrons. The summed E-state index contributed by atoms with van der Waals surface area (Å²) in [5.41, 5.74) is 2.89. The monoisotopic (exact) mass is 393 g/mol. The van der Waals surface area contributed by atoms with Gasteiger partial charge in [-0.05, 0) is 29.2 Å². The molecule has 0 aliphatic carbocycles. The minimum atomic E-state index is -0.0963. The number of rotatable bonds is 2. The van der Waals surface area contributed by atoms with E-state index in [4.69, 9.17) is 23.2 Å². The van der Waals surface area contributed by atoms with Crippen LogP contribution in [0, 0.1) is 0 Å². The Labute approximate surface area is 163 Å². The molecular weight excluding hydrogens is 373 g/mol. The Bertz CT molecular complexity index is 783. The predicted octanol–water partition coefficient (Wildman–Crippen LogP) is 6.18. The lowest BCUT2D eigenvalue weighted by Gasteiger charge is -2.26. The summed E-state index contributed by atoms with van der Waals surface area (Å²) in [5, 5.41) is 0.957. The highest BCUT2D eigenvalue weighted by Gasteiger charge is 2.33. The van der Waals surface area contributed by atoms with Gasteiger partial charge >= 0.3 is 0 Å². The molecule has 0 bridgehead atoms. The van der Waals surface area contributed by atoms with E-state index in [1.165, 1.54) is 5.56 Å². The standard InChI is InChI=1S/C20H21Cl2NOS/c1-20(2,3)14-9-7-13(8-10-14)18(24)23-11-12-25-19(23)15-5-4-6-16(21)17(15)22/h4-10,19H,11-12H2,1-3H3/t19-/m1/s1. The van der Waals surface area contributed by atoms with E-state index in [1.807, 2.05) is 41.3 Å². The highest BCUT2D eigenvalue weighted by atomic mass is 35.5. The molecular formula is C20H21Cl2NOS. The lowest BCUT2D eigenvalue weighted by molar-refractivity contribution is 0.0760. The van der Waals surface area contributed by atoms with Gasteiger partial charge in [-0.15, -0.1) is 11.8 Å². The lowest BCUT2D eigenvalue weighted by atomic mass is 9.86. The Kier molecular flexibility index (Phi) is 5.38. The van der Waals surface area contributed by atoms with Crippen LogP contribution >= 0.6 is 35.0 Å². The molecule has 25 heavy (non-hydrogen) atoms. The van der Waals surface area contributed by atoms with Crippen LogP contribution in [0.1, 0.15) is 47.6 Å². The number of hydrogen-bond donors (Lipinski definition) is 0. The molecule has 1 saturated heterocycles. The molecule has 1 atom stereocenters. The quantitative estimate of drug-likeness (QED) is 0.606. The van der Waals surface area contributed by atoms with Crippen LogP contribution in [0.25, 0.3) is 0 Å². The third kappa shape index (κ3) is 3.84. The van der Waals surface area contributed by atoms with Crippen molar-refractivity contribution in [2.45, 2.75) is 31.6 Å². The molecule has 2 nitrogen and oxygen atoms in total. The Morgan fingerprint density at radius 1 is 1.12 bits per heavy atom. The number of thioether (sulfide) groups is 1. The summed E-state index contributed by atoms with van der Waals surface area (Å²) in [6.45, 7) is 7.20. The third-order valence-corrected chi connectivity index (χ3v) is 6.47. The topological polar surface area (TPSA) is 20.3 Å². The minimum absolute atomic E-state index is 0.0338. The van der Waals surface area contributed by atoms with Crippen molar-refractivity contribution in [1.82, 2.24) is 4.90 Å². The first-order valence-electron chi connectivity index (χ1n) is 8.26. The summed E-state index contributed by atoms with van der Waals surface area (Å²) in [6.07, 6.45) is 0. The first kappa shape index (κ1) is 18.6. The lowest BCUT2D eigenvalue weighted by Crippen LogP contribution is -2.30. The Hall–Kier alpha value is -1.16. The van der Waals surface area contributed by atoms with Crippen molar-refractivity contribution < 1.29 is 4.79 Å². The predicted molar refractivity (Wildman–Crippen MR) is 108 cm³/mol. The van der Waals surface area contributed by atoms with Crippen LogP contribution in [0.2, 0.25) is 10.0 Å². The number of amides is 1. The first-order chi connectivity index (χ1) is 11.8. The summed E-state index contributed by atoms with van der Waals surface area (Å²) >= 11 is 14.2. The van der Waals surface area contributed by atoms with E-state index in [0.29, 0.717) is 22.2 Å². The average Bonchev–Trinajstić information content (AvgIpc) is 3.05. The Morgan fingerprint density at radius 3 is 2.44 bits per heavy atom. The second-order valence-electron chi connectivity index (χ2n) is 7.19. The van der Waals surface area contributed by atoms with E-state index in [-0.39, 0.29) is 16.7 Å². The Balaban J connectivity index is 1.87. The van der Waals surface area contributed by atoms with Crippen LogP contribution in [0.4, 0.5) is 0 Å². The average molecular weight is 394 g/mol. The van der Waals surface area contributed by atoms with E-state index >= 15 is 0 Å². The number of hydrogen-bond acceptors (Lipinski definition) is 2. The maximum atomic E-state index is 13.0. The maximum absolute atomic E-state index is 13.0. The molecule has 3 rings (SSSR count). The van der Waals surface area contributed by atoms with Gasteiger partial charge in [0, 0.05) is 23.4 Å². The Morgan fingerprint density at radius 2 is 1.80 bits per heavy atom. The zero-order valence-electron chi connectivity index (χ0n) is 14.6. The molecule has 0 spiro atoms. The van der Waals surface area contributed by atoms with Gasteiger partial charge in [-0.2, -0.15) is 0 Å². The summed E-state index contributed by atoms with van der Waals surface area (Å²) in [4.78, 5) is 14.9. The summed E-state index contributed by atoms with van der Waals surface area (Å²) in [5.74, 6) is 0.922. The van der Waals surface area contributed by atoms with Crippen molar-refractivity contribution in [3.63, 3.8) is 0 Å². The molecule has 5 heteroatoms. The third-order valence-electron chi connectivity index (χ3n) is 4.40. The van der Waals surface area contributed by atoms with E-state index in [0.717, 1.165) is 11.3 Å². The molecule has 0 unspecified atom stereocenters. The van der Waals surface area contributed by atoms with Gasteiger partial charge < -0.3 is 4.90 Å². The normalized spacial score (nSPS) is 17.8. The number of carbonyl (C=O) groups is 1. The van der Waals surface area contributed by atoms with Crippen LogP contribution in [0.15, 0.2) is 42.5 Å². The molecule has 1 heterocycles. The fourth-order valence-corrected chi connectivity index (χ4v) is 4.68. The van der Waals surface area contributed by atoms with Gasteiger partial charge in [0.15, 0.2) is 0 Å². The van der Waals surface area contributed by atoms with Crippen LogP contribution in [-0.4, -0.2) is 23.1 Å².